The number of fused-ring (bicyclic) bond motifs is 1. The average Bonchev–Trinajstić information content (AvgIpc) is 2.77. The Morgan fingerprint density at radius 1 is 1.00 bits per heavy atom. The number of hydrogen-bond acceptors (Lipinski definition) is 2. The molecular weight excluding hydrogens is 224 g/mol. The van der Waals surface area contributed by atoms with E-state index in [0.717, 1.165) is 16.6 Å². The first kappa shape index (κ1) is 11.0. The number of nitrogens with zero attached hydrogens (tertiary/aromatic N) is 2. The standard InChI is InChI=1S/C15H14N2O/c1-17-13-10-6-5-9-12(13)16-15(17)14(18)11-7-3-2-4-8-11/h2-10,14,18H,1H3/t14-/m0/s1. The Hall–Kier alpha value is -2.13. The topological polar surface area (TPSA) is 38.0 Å². The Morgan fingerprint density at radius 2 is 1.67 bits per heavy atom. The lowest BCUT2D eigenvalue weighted by molar-refractivity contribution is 0.207. The highest BCUT2D eigenvalue weighted by atomic mass is 16.3. The minimum absolute atomic E-state index is 0.669. The highest BCUT2D eigenvalue weighted by Gasteiger charge is 2.17. The van der Waals surface area contributed by atoms with Gasteiger partial charge in [0.1, 0.15) is 11.9 Å². The van der Waals surface area contributed by atoms with E-state index in [9.17, 15) is 5.11 Å². The number of benzene rings is 2. The van der Waals surface area contributed by atoms with Crippen LogP contribution in [0.2, 0.25) is 0 Å². The van der Waals surface area contributed by atoms with Gasteiger partial charge in [0.15, 0.2) is 0 Å². The lowest BCUT2D eigenvalue weighted by Crippen LogP contribution is -2.06. The molecule has 90 valence electrons. The molecule has 0 unspecified atom stereocenters. The number of aliphatic hydroxyl groups is 1. The number of aromatic nitrogens is 2. The number of aryl methyl sites for hydroxylation is 1. The first-order valence-corrected chi connectivity index (χ1v) is 5.92. The van der Waals surface area contributed by atoms with E-state index < -0.39 is 6.10 Å². The Bertz CT molecular complexity index is 673. The largest absolute Gasteiger partial charge is 0.380 e. The third-order valence-corrected chi connectivity index (χ3v) is 3.18. The van der Waals surface area contributed by atoms with Crippen LogP contribution in [0.4, 0.5) is 0 Å². The number of rotatable bonds is 2. The molecule has 0 amide bonds. The zero-order chi connectivity index (χ0) is 12.5. The number of hydrogen-bond donors (Lipinski definition) is 1. The van der Waals surface area contributed by atoms with Crippen LogP contribution in [-0.2, 0) is 7.05 Å². The van der Waals surface area contributed by atoms with Gasteiger partial charge < -0.3 is 9.67 Å². The second kappa shape index (κ2) is 4.27. The van der Waals surface area contributed by atoms with Crippen LogP contribution >= 0.6 is 0 Å². The van der Waals surface area contributed by atoms with E-state index in [4.69, 9.17) is 0 Å². The second-order valence-electron chi connectivity index (χ2n) is 4.33. The summed E-state index contributed by atoms with van der Waals surface area (Å²) in [7, 11) is 1.93. The summed E-state index contributed by atoms with van der Waals surface area (Å²) < 4.78 is 1.94. The molecule has 3 aromatic rings. The molecule has 3 nitrogen and oxygen atoms in total. The van der Waals surface area contributed by atoms with Crippen molar-refractivity contribution in [2.45, 2.75) is 6.10 Å². The molecule has 2 aromatic carbocycles. The molecule has 0 bridgehead atoms. The van der Waals surface area contributed by atoms with Crippen LogP contribution < -0.4 is 0 Å². The number of para-hydroxylation sites is 2. The van der Waals surface area contributed by atoms with Crippen LogP contribution in [0.3, 0.4) is 0 Å². The summed E-state index contributed by atoms with van der Waals surface area (Å²) in [5, 5.41) is 10.4. The summed E-state index contributed by atoms with van der Waals surface area (Å²) in [6, 6.07) is 17.5. The van der Waals surface area contributed by atoms with Crippen LogP contribution in [0.25, 0.3) is 11.0 Å². The monoisotopic (exact) mass is 238 g/mol. The fourth-order valence-corrected chi connectivity index (χ4v) is 2.19. The van der Waals surface area contributed by atoms with Gasteiger partial charge >= 0.3 is 0 Å². The Labute approximate surface area is 105 Å². The minimum Gasteiger partial charge on any atom is -0.380 e. The smallest absolute Gasteiger partial charge is 0.143 e. The van der Waals surface area contributed by atoms with E-state index in [2.05, 4.69) is 4.98 Å². The molecule has 0 aliphatic carbocycles. The van der Waals surface area contributed by atoms with E-state index >= 15 is 0 Å². The average molecular weight is 238 g/mol. The van der Waals surface area contributed by atoms with Crippen molar-refractivity contribution in [1.82, 2.24) is 9.55 Å². The highest BCUT2D eigenvalue weighted by Crippen LogP contribution is 2.24. The van der Waals surface area contributed by atoms with Crippen molar-refractivity contribution in [2.24, 2.45) is 7.05 Å². The van der Waals surface area contributed by atoms with E-state index in [1.807, 2.05) is 66.2 Å². The molecule has 0 saturated carbocycles. The lowest BCUT2D eigenvalue weighted by atomic mass is 10.1. The van der Waals surface area contributed by atoms with E-state index in [0.29, 0.717) is 5.82 Å². The van der Waals surface area contributed by atoms with Crippen LogP contribution in [0.15, 0.2) is 54.6 Å². The van der Waals surface area contributed by atoms with Gasteiger partial charge in [0, 0.05) is 7.05 Å². The van der Waals surface area contributed by atoms with E-state index in [-0.39, 0.29) is 0 Å². The minimum atomic E-state index is -0.691. The maximum absolute atomic E-state index is 10.4. The maximum atomic E-state index is 10.4. The Balaban J connectivity index is 2.12. The first-order chi connectivity index (χ1) is 8.77. The lowest BCUT2D eigenvalue weighted by Gasteiger charge is -2.10. The summed E-state index contributed by atoms with van der Waals surface area (Å²) in [5.41, 5.74) is 2.79. The third kappa shape index (κ3) is 1.69. The Kier molecular flexibility index (Phi) is 2.61. The highest BCUT2D eigenvalue weighted by molar-refractivity contribution is 5.75. The molecule has 18 heavy (non-hydrogen) atoms. The van der Waals surface area contributed by atoms with Crippen molar-refractivity contribution in [2.75, 3.05) is 0 Å². The van der Waals surface area contributed by atoms with Crippen molar-refractivity contribution in [3.05, 3.63) is 66.0 Å². The van der Waals surface area contributed by atoms with E-state index in [1.165, 1.54) is 0 Å². The third-order valence-electron chi connectivity index (χ3n) is 3.18. The van der Waals surface area contributed by atoms with Crippen molar-refractivity contribution in [3.63, 3.8) is 0 Å². The quantitative estimate of drug-likeness (QED) is 0.745. The second-order valence-corrected chi connectivity index (χ2v) is 4.33. The Morgan fingerprint density at radius 3 is 2.39 bits per heavy atom. The van der Waals surface area contributed by atoms with Gasteiger partial charge in [-0.1, -0.05) is 42.5 Å². The molecule has 0 saturated heterocycles. The zero-order valence-corrected chi connectivity index (χ0v) is 10.1. The van der Waals surface area contributed by atoms with Crippen molar-refractivity contribution < 1.29 is 5.11 Å². The van der Waals surface area contributed by atoms with Gasteiger partial charge in [-0.2, -0.15) is 0 Å². The molecule has 3 rings (SSSR count). The molecule has 0 spiro atoms. The van der Waals surface area contributed by atoms with Gasteiger partial charge in [0.05, 0.1) is 11.0 Å². The van der Waals surface area contributed by atoms with Gasteiger partial charge in [-0.25, -0.2) is 4.98 Å². The molecular formula is C15H14N2O. The van der Waals surface area contributed by atoms with Crippen LogP contribution in [-0.4, -0.2) is 14.7 Å². The van der Waals surface area contributed by atoms with Gasteiger partial charge in [0.2, 0.25) is 0 Å². The molecule has 1 aromatic heterocycles. The normalized spacial score (nSPS) is 12.8. The predicted octanol–water partition coefficient (Wildman–Crippen LogP) is 2.66. The number of aliphatic hydroxyl groups excluding tert-OH is 1. The zero-order valence-electron chi connectivity index (χ0n) is 10.1. The van der Waals surface area contributed by atoms with Crippen molar-refractivity contribution in [1.29, 1.82) is 0 Å². The summed E-state index contributed by atoms with van der Waals surface area (Å²) in [4.78, 5) is 4.50. The molecule has 3 heteroatoms. The number of imidazole rings is 1. The fourth-order valence-electron chi connectivity index (χ4n) is 2.19. The molecule has 0 aliphatic heterocycles. The van der Waals surface area contributed by atoms with Crippen molar-refractivity contribution in [3.8, 4) is 0 Å². The summed E-state index contributed by atoms with van der Waals surface area (Å²) >= 11 is 0. The molecule has 1 N–H and O–H groups in total. The van der Waals surface area contributed by atoms with Gasteiger partial charge in [0.25, 0.3) is 0 Å². The molecule has 0 radical (unpaired) electrons. The van der Waals surface area contributed by atoms with Crippen LogP contribution in [0.5, 0.6) is 0 Å². The van der Waals surface area contributed by atoms with Crippen molar-refractivity contribution >= 4 is 11.0 Å². The SMILES string of the molecule is Cn1c([C@@H](O)c2ccccc2)nc2ccccc21. The summed E-state index contributed by atoms with van der Waals surface area (Å²) in [5.74, 6) is 0.669. The van der Waals surface area contributed by atoms with Crippen LogP contribution in [0.1, 0.15) is 17.5 Å². The van der Waals surface area contributed by atoms with Gasteiger partial charge in [-0.3, -0.25) is 0 Å². The maximum Gasteiger partial charge on any atom is 0.143 e. The summed E-state index contributed by atoms with van der Waals surface area (Å²) in [6.45, 7) is 0. The fraction of sp³-hybridized carbons (Fsp3) is 0.133. The molecule has 0 aliphatic rings. The first-order valence-electron chi connectivity index (χ1n) is 5.92. The van der Waals surface area contributed by atoms with Gasteiger partial charge in [-0.05, 0) is 17.7 Å². The van der Waals surface area contributed by atoms with Gasteiger partial charge in [-0.15, -0.1) is 0 Å². The predicted molar refractivity (Wildman–Crippen MR) is 71.2 cm³/mol. The molecule has 1 heterocycles. The van der Waals surface area contributed by atoms with Crippen LogP contribution in [0, 0.1) is 0 Å². The molecule has 1 atom stereocenters. The summed E-state index contributed by atoms with van der Waals surface area (Å²) in [6.07, 6.45) is -0.691. The van der Waals surface area contributed by atoms with E-state index in [1.54, 1.807) is 0 Å². The molecule has 0 fully saturated rings.